The van der Waals surface area contributed by atoms with Gasteiger partial charge in [0.1, 0.15) is 5.82 Å². The van der Waals surface area contributed by atoms with Crippen LogP contribution in [-0.4, -0.2) is 56.0 Å². The summed E-state index contributed by atoms with van der Waals surface area (Å²) < 4.78 is 13.2. The Labute approximate surface area is 176 Å². The first kappa shape index (κ1) is 20.3. The van der Waals surface area contributed by atoms with E-state index in [1.807, 2.05) is 24.3 Å². The van der Waals surface area contributed by atoms with Crippen molar-refractivity contribution in [1.82, 2.24) is 4.90 Å². The molecule has 0 saturated carbocycles. The van der Waals surface area contributed by atoms with Crippen molar-refractivity contribution < 1.29 is 14.0 Å². The van der Waals surface area contributed by atoms with Crippen molar-refractivity contribution in [3.8, 4) is 0 Å². The molecule has 0 aliphatic carbocycles. The Bertz CT molecular complexity index is 902. The van der Waals surface area contributed by atoms with Gasteiger partial charge in [0, 0.05) is 44.8 Å². The molecule has 0 aromatic heterocycles. The number of hydrogen-bond donors (Lipinski definition) is 1. The van der Waals surface area contributed by atoms with Gasteiger partial charge in [-0.25, -0.2) is 4.39 Å². The normalized spacial score (nSPS) is 17.8. The van der Waals surface area contributed by atoms with Gasteiger partial charge in [0.2, 0.25) is 11.8 Å². The molecule has 2 fully saturated rings. The second-order valence-corrected chi connectivity index (χ2v) is 7.81. The number of hydrogen-bond acceptors (Lipinski definition) is 4. The zero-order valence-corrected chi connectivity index (χ0v) is 17.0. The highest BCUT2D eigenvalue weighted by atomic mass is 19.1. The molecule has 0 unspecified atom stereocenters. The van der Waals surface area contributed by atoms with Gasteiger partial charge < -0.3 is 15.1 Å². The number of nitrogens with zero attached hydrogens (tertiary/aromatic N) is 3. The largest absolute Gasteiger partial charge is 0.370 e. The van der Waals surface area contributed by atoms with Crippen LogP contribution >= 0.6 is 0 Å². The molecular formula is C23H27FN4O2. The van der Waals surface area contributed by atoms with Gasteiger partial charge in [-0.3, -0.25) is 14.5 Å². The van der Waals surface area contributed by atoms with Crippen molar-refractivity contribution in [2.24, 2.45) is 0 Å². The van der Waals surface area contributed by atoms with E-state index in [1.165, 1.54) is 12.1 Å². The lowest BCUT2D eigenvalue weighted by atomic mass is 10.2. The van der Waals surface area contributed by atoms with Gasteiger partial charge in [-0.15, -0.1) is 0 Å². The van der Waals surface area contributed by atoms with E-state index in [4.69, 9.17) is 0 Å². The summed E-state index contributed by atoms with van der Waals surface area (Å²) in [4.78, 5) is 31.0. The molecule has 2 amide bonds. The molecule has 0 bridgehead atoms. The van der Waals surface area contributed by atoms with Crippen LogP contribution in [0.3, 0.4) is 0 Å². The van der Waals surface area contributed by atoms with Gasteiger partial charge in [-0.05, 0) is 49.2 Å². The molecule has 4 rings (SSSR count). The number of carbonyl (C=O) groups is 2. The van der Waals surface area contributed by atoms with Crippen LogP contribution in [0.5, 0.6) is 0 Å². The lowest BCUT2D eigenvalue weighted by Crippen LogP contribution is -2.36. The van der Waals surface area contributed by atoms with Crippen LogP contribution in [0, 0.1) is 5.82 Å². The Morgan fingerprint density at radius 3 is 2.50 bits per heavy atom. The highest BCUT2D eigenvalue weighted by Gasteiger charge is 2.24. The number of rotatable bonds is 5. The number of anilines is 3. The van der Waals surface area contributed by atoms with Crippen molar-refractivity contribution in [2.75, 3.05) is 54.4 Å². The molecule has 2 aromatic rings. The molecule has 0 radical (unpaired) electrons. The van der Waals surface area contributed by atoms with E-state index in [-0.39, 0.29) is 17.6 Å². The molecule has 30 heavy (non-hydrogen) atoms. The summed E-state index contributed by atoms with van der Waals surface area (Å²) in [7, 11) is 0. The summed E-state index contributed by atoms with van der Waals surface area (Å²) in [5.41, 5.74) is 2.46. The molecule has 2 aromatic carbocycles. The summed E-state index contributed by atoms with van der Waals surface area (Å²) in [5, 5.41) is 3.00. The molecule has 0 atom stereocenters. The molecule has 0 spiro atoms. The van der Waals surface area contributed by atoms with Crippen molar-refractivity contribution in [3.05, 3.63) is 54.3 Å². The Hall–Kier alpha value is -2.93. The van der Waals surface area contributed by atoms with Crippen LogP contribution in [0.1, 0.15) is 19.3 Å². The topological polar surface area (TPSA) is 55.9 Å². The summed E-state index contributed by atoms with van der Waals surface area (Å²) in [6.07, 6.45) is 2.34. The summed E-state index contributed by atoms with van der Waals surface area (Å²) in [5.74, 6) is -0.211. The van der Waals surface area contributed by atoms with E-state index in [2.05, 4.69) is 15.1 Å². The van der Waals surface area contributed by atoms with Gasteiger partial charge in [0.25, 0.3) is 0 Å². The number of carbonyl (C=O) groups excluding carboxylic acids is 2. The lowest BCUT2D eigenvalue weighted by molar-refractivity contribution is -0.118. The van der Waals surface area contributed by atoms with Crippen molar-refractivity contribution >= 4 is 28.9 Å². The molecule has 2 saturated heterocycles. The molecule has 2 aliphatic heterocycles. The van der Waals surface area contributed by atoms with E-state index < -0.39 is 0 Å². The zero-order chi connectivity index (χ0) is 20.9. The Kier molecular flexibility index (Phi) is 6.28. The van der Waals surface area contributed by atoms with Crippen molar-refractivity contribution in [2.45, 2.75) is 19.3 Å². The van der Waals surface area contributed by atoms with Gasteiger partial charge in [0.15, 0.2) is 0 Å². The number of amides is 2. The summed E-state index contributed by atoms with van der Waals surface area (Å²) in [6, 6.07) is 14.0. The third kappa shape index (κ3) is 4.79. The fraction of sp³-hybridized carbons (Fsp3) is 0.391. The van der Waals surface area contributed by atoms with Gasteiger partial charge >= 0.3 is 0 Å². The molecule has 7 heteroatoms. The SMILES string of the molecule is O=C(CN1CCCN(c2ccc(F)cc2)CC1)Nc1ccccc1N1CCCC1=O. The lowest BCUT2D eigenvalue weighted by Gasteiger charge is -2.24. The predicted octanol–water partition coefficient (Wildman–Crippen LogP) is 3.10. The van der Waals surface area contributed by atoms with Crippen LogP contribution in [0.15, 0.2) is 48.5 Å². The van der Waals surface area contributed by atoms with Crippen LogP contribution in [0.4, 0.5) is 21.5 Å². The number of nitrogens with one attached hydrogen (secondary N) is 1. The third-order valence-corrected chi connectivity index (χ3v) is 5.69. The number of para-hydroxylation sites is 2. The minimum Gasteiger partial charge on any atom is -0.370 e. The Morgan fingerprint density at radius 1 is 0.933 bits per heavy atom. The number of benzene rings is 2. The van der Waals surface area contributed by atoms with Gasteiger partial charge in [-0.2, -0.15) is 0 Å². The third-order valence-electron chi connectivity index (χ3n) is 5.69. The first-order valence-corrected chi connectivity index (χ1v) is 10.5. The standard InChI is InChI=1S/C23H27FN4O2/c24-18-8-10-19(11-9-18)27-13-4-12-26(15-16-27)17-22(29)25-20-5-1-2-6-21(20)28-14-3-7-23(28)30/h1-2,5-6,8-11H,3-4,7,12-17H2,(H,25,29). The van der Waals surface area contributed by atoms with E-state index in [0.29, 0.717) is 25.2 Å². The highest BCUT2D eigenvalue weighted by Crippen LogP contribution is 2.29. The Balaban J connectivity index is 1.35. The molecular weight excluding hydrogens is 383 g/mol. The van der Waals surface area contributed by atoms with Gasteiger partial charge in [0.05, 0.1) is 17.9 Å². The summed E-state index contributed by atoms with van der Waals surface area (Å²) >= 11 is 0. The fourth-order valence-corrected chi connectivity index (χ4v) is 4.15. The molecule has 158 valence electrons. The van der Waals surface area contributed by atoms with Gasteiger partial charge in [-0.1, -0.05) is 12.1 Å². The molecule has 1 N–H and O–H groups in total. The monoisotopic (exact) mass is 410 g/mol. The maximum Gasteiger partial charge on any atom is 0.238 e. The Morgan fingerprint density at radius 2 is 1.73 bits per heavy atom. The minimum absolute atomic E-state index is 0.0793. The second-order valence-electron chi connectivity index (χ2n) is 7.81. The van der Waals surface area contributed by atoms with Crippen LogP contribution in [0.2, 0.25) is 0 Å². The van der Waals surface area contributed by atoms with E-state index in [9.17, 15) is 14.0 Å². The van der Waals surface area contributed by atoms with E-state index >= 15 is 0 Å². The average Bonchev–Trinajstić information content (AvgIpc) is 3.03. The van der Waals surface area contributed by atoms with E-state index in [0.717, 1.165) is 50.4 Å². The zero-order valence-electron chi connectivity index (χ0n) is 17.0. The fourth-order valence-electron chi connectivity index (χ4n) is 4.15. The first-order valence-electron chi connectivity index (χ1n) is 10.5. The summed E-state index contributed by atoms with van der Waals surface area (Å²) in [6.45, 7) is 4.26. The maximum atomic E-state index is 13.2. The van der Waals surface area contributed by atoms with Crippen LogP contribution in [-0.2, 0) is 9.59 Å². The predicted molar refractivity (Wildman–Crippen MR) is 116 cm³/mol. The van der Waals surface area contributed by atoms with Crippen LogP contribution in [0.25, 0.3) is 0 Å². The quantitative estimate of drug-likeness (QED) is 0.823. The molecule has 2 heterocycles. The minimum atomic E-state index is -0.234. The van der Waals surface area contributed by atoms with Crippen molar-refractivity contribution in [3.63, 3.8) is 0 Å². The van der Waals surface area contributed by atoms with E-state index in [1.54, 1.807) is 17.0 Å². The number of halogens is 1. The smallest absolute Gasteiger partial charge is 0.238 e. The van der Waals surface area contributed by atoms with Crippen molar-refractivity contribution in [1.29, 1.82) is 0 Å². The van der Waals surface area contributed by atoms with Crippen LogP contribution < -0.4 is 15.1 Å². The highest BCUT2D eigenvalue weighted by molar-refractivity contribution is 6.02. The molecule has 2 aliphatic rings. The maximum absolute atomic E-state index is 13.2. The first-order chi connectivity index (χ1) is 14.6. The molecule has 6 nitrogen and oxygen atoms in total. The second kappa shape index (κ2) is 9.26. The average molecular weight is 410 g/mol.